The third-order valence-electron chi connectivity index (χ3n) is 12.3. The van der Waals surface area contributed by atoms with Gasteiger partial charge in [-0.15, -0.1) is 22.1 Å². The zero-order chi connectivity index (χ0) is 44.9. The Morgan fingerprint density at radius 3 is 1.90 bits per heavy atom. The molecule has 0 fully saturated rings. The minimum Gasteiger partial charge on any atom is -0.657 e. The minimum absolute atomic E-state index is 0. The van der Waals surface area contributed by atoms with Gasteiger partial charge in [0.05, 0.1) is 13.5 Å². The summed E-state index contributed by atoms with van der Waals surface area (Å²) < 4.78 is 5.27. The van der Waals surface area contributed by atoms with E-state index < -0.39 is 5.97 Å². The Hall–Kier alpha value is -4.30. The first-order chi connectivity index (χ1) is 29.8. The van der Waals surface area contributed by atoms with Crippen molar-refractivity contribution in [3.8, 4) is 0 Å². The molecular formula is C47H68N10O5Pd. The van der Waals surface area contributed by atoms with Crippen LogP contribution in [0.4, 0.5) is 0 Å². The van der Waals surface area contributed by atoms with E-state index >= 15 is 0 Å². The molecule has 15 nitrogen and oxygen atoms in total. The van der Waals surface area contributed by atoms with Crippen molar-refractivity contribution in [2.45, 2.75) is 117 Å². The maximum absolute atomic E-state index is 14.4. The maximum atomic E-state index is 14.4. The predicted octanol–water partition coefficient (Wildman–Crippen LogP) is 4.57. The number of carbonyl (C=O) groups is 4. The number of rotatable bonds is 22. The molecule has 5 heterocycles. The van der Waals surface area contributed by atoms with Crippen molar-refractivity contribution in [3.05, 3.63) is 68.8 Å². The number of nitrogens with one attached hydrogen (secondary N) is 4. The van der Waals surface area contributed by atoms with Crippen LogP contribution < -0.4 is 42.7 Å². The number of fused-ring (bicyclic) bond motifs is 8. The van der Waals surface area contributed by atoms with Crippen LogP contribution in [0, 0.1) is 13.8 Å². The van der Waals surface area contributed by atoms with Crippen LogP contribution >= 0.6 is 0 Å². The van der Waals surface area contributed by atoms with Gasteiger partial charge in [-0.2, -0.15) is 0 Å². The Morgan fingerprint density at radius 2 is 1.29 bits per heavy atom. The van der Waals surface area contributed by atoms with E-state index in [1.807, 2.05) is 39.0 Å². The molecule has 4 atom stereocenters. The van der Waals surface area contributed by atoms with Gasteiger partial charge < -0.3 is 47.4 Å². The number of Topliss-reactive ketones (excluding diaryl/α,β-unsaturated/α-hetero) is 1. The fourth-order valence-corrected chi connectivity index (χ4v) is 8.71. The molecule has 16 heteroatoms. The molecule has 0 aliphatic carbocycles. The molecule has 0 spiro atoms. The van der Waals surface area contributed by atoms with E-state index in [9.17, 15) is 19.2 Å². The van der Waals surface area contributed by atoms with Crippen LogP contribution in [0.3, 0.4) is 0 Å². The van der Waals surface area contributed by atoms with Crippen LogP contribution in [0.25, 0.3) is 22.1 Å². The molecular weight excluding hydrogens is 891 g/mol. The number of amides is 2. The van der Waals surface area contributed by atoms with Gasteiger partial charge in [-0.05, 0) is 104 Å². The molecule has 2 amide bonds. The standard InChI is InChI=1S/C47H70N10O5.Pd/c1-8-32-27(2)35-26-40-43(31(6)58)29(4)37(55-40)24-36-28(3)33(13-14-41(59)52-21-11-19-50-17-9-15-48)45(56-36)34(23-42(60)62-7)46-44(30(5)38(57-46)25-39(32)54-35)47(61)53-22-12-20-51-18-10-16-49;/h24-28,32-33,50-51H,8-23,48-49H2,1-7H3,(H4,52,53,54,55,56,57,58,59,61);/q;+2/p-2/t27-,28+,32-,33+;/m1./s1. The third kappa shape index (κ3) is 12.7. The van der Waals surface area contributed by atoms with E-state index in [-0.39, 0.29) is 74.5 Å². The Bertz CT molecular complexity index is 2240. The second kappa shape index (κ2) is 24.7. The predicted molar refractivity (Wildman–Crippen MR) is 244 cm³/mol. The topological polar surface area (TPSA) is 232 Å². The number of ketones is 1. The molecule has 0 aromatic carbocycles. The monoisotopic (exact) mass is 958 g/mol. The first-order valence-electron chi connectivity index (χ1n) is 22.4. The molecule has 346 valence electrons. The average molecular weight is 960 g/mol. The normalized spacial score (nSPS) is 17.0. The number of aryl methyl sites for hydroxylation is 2. The summed E-state index contributed by atoms with van der Waals surface area (Å²) in [6, 6.07) is 5.79. The molecule has 3 aromatic rings. The molecule has 8 bridgehead atoms. The van der Waals surface area contributed by atoms with Crippen LogP contribution in [0.5, 0.6) is 0 Å². The fourth-order valence-electron chi connectivity index (χ4n) is 8.71. The maximum Gasteiger partial charge on any atom is 2.00 e. The van der Waals surface area contributed by atoms with Gasteiger partial charge in [0.2, 0.25) is 11.8 Å². The van der Waals surface area contributed by atoms with E-state index in [1.54, 1.807) is 6.92 Å². The molecule has 8 N–H and O–H groups in total. The number of hydrogen-bond acceptors (Lipinski definition) is 11. The summed E-state index contributed by atoms with van der Waals surface area (Å²) in [5, 5.41) is 12.9. The molecule has 2 aliphatic heterocycles. The van der Waals surface area contributed by atoms with Crippen molar-refractivity contribution >= 4 is 45.6 Å². The Morgan fingerprint density at radius 1 is 0.730 bits per heavy atom. The Kier molecular flexibility index (Phi) is 20.1. The van der Waals surface area contributed by atoms with Gasteiger partial charge in [-0.25, -0.2) is 0 Å². The van der Waals surface area contributed by atoms with Crippen LogP contribution in [0.1, 0.15) is 156 Å². The van der Waals surface area contributed by atoms with Gasteiger partial charge in [0.15, 0.2) is 5.78 Å². The number of hydrogen-bond donors (Lipinski definition) is 6. The van der Waals surface area contributed by atoms with E-state index in [0.29, 0.717) is 101 Å². The molecule has 63 heavy (non-hydrogen) atoms. The van der Waals surface area contributed by atoms with E-state index in [1.165, 1.54) is 7.11 Å². The van der Waals surface area contributed by atoms with E-state index in [4.69, 9.17) is 36.1 Å². The van der Waals surface area contributed by atoms with Gasteiger partial charge in [0, 0.05) is 77.1 Å². The van der Waals surface area contributed by atoms with Crippen LogP contribution in [-0.2, 0) is 41.2 Å². The first-order valence-corrected chi connectivity index (χ1v) is 22.4. The smallest absolute Gasteiger partial charge is 0.657 e. The summed E-state index contributed by atoms with van der Waals surface area (Å²) >= 11 is 0. The fraction of sp³-hybridized carbons (Fsp3) is 0.574. The Labute approximate surface area is 385 Å². The zero-order valence-electron chi connectivity index (χ0n) is 38.2. The van der Waals surface area contributed by atoms with Crippen LogP contribution in [0.2, 0.25) is 0 Å². The second-order valence-electron chi connectivity index (χ2n) is 16.7. The SMILES string of the molecule is CC[C@H]1c2cc3[n-]c(c(CC(=O)OC)c4nc(cc5[n-]c(cc(n2)[C@@H]1C)c(C(C)=O)c5C)[C@@H](C)[C@@H]4CCC(=O)NCCCNCCCN)c(C(=O)NCCCNCCCN)c3C.[Pd+2]. The van der Waals surface area contributed by atoms with Crippen molar-refractivity contribution in [1.29, 1.82) is 0 Å². The summed E-state index contributed by atoms with van der Waals surface area (Å²) in [5.74, 6) is -1.51. The average Bonchev–Trinajstić information content (AvgIpc) is 3.94. The summed E-state index contributed by atoms with van der Waals surface area (Å²) in [5.41, 5.74) is 19.0. The molecule has 5 rings (SSSR count). The van der Waals surface area contributed by atoms with Gasteiger partial charge in [0.25, 0.3) is 0 Å². The number of methoxy groups -OCH3 is 1. The van der Waals surface area contributed by atoms with Crippen molar-refractivity contribution in [2.24, 2.45) is 11.5 Å². The molecule has 2 aliphatic rings. The van der Waals surface area contributed by atoms with Crippen molar-refractivity contribution in [3.63, 3.8) is 0 Å². The van der Waals surface area contributed by atoms with Gasteiger partial charge in [-0.3, -0.25) is 29.1 Å². The van der Waals surface area contributed by atoms with Gasteiger partial charge in [-0.1, -0.05) is 50.1 Å². The molecule has 3 aromatic heterocycles. The number of aromatic nitrogens is 4. The zero-order valence-corrected chi connectivity index (χ0v) is 39.7. The van der Waals surface area contributed by atoms with Gasteiger partial charge >= 0.3 is 26.4 Å². The first kappa shape index (κ1) is 51.3. The minimum atomic E-state index is -0.515. The van der Waals surface area contributed by atoms with E-state index in [2.05, 4.69) is 35.1 Å². The van der Waals surface area contributed by atoms with Crippen molar-refractivity contribution < 1.29 is 44.3 Å². The van der Waals surface area contributed by atoms with Crippen LogP contribution in [-0.4, -0.2) is 93.0 Å². The number of carbonyl (C=O) groups excluding carboxylic acids is 4. The number of ether oxygens (including phenoxy) is 1. The quantitative estimate of drug-likeness (QED) is 0.0351. The summed E-state index contributed by atoms with van der Waals surface area (Å²) in [4.78, 5) is 75.0. The van der Waals surface area contributed by atoms with Crippen LogP contribution in [0.15, 0.2) is 18.2 Å². The number of nitrogens with two attached hydrogens (primary N) is 2. The summed E-state index contributed by atoms with van der Waals surface area (Å²) in [6.07, 6.45) is 4.47. The van der Waals surface area contributed by atoms with E-state index in [0.717, 1.165) is 62.3 Å². The second-order valence-corrected chi connectivity index (χ2v) is 16.7. The third-order valence-corrected chi connectivity index (χ3v) is 12.3. The largest absolute Gasteiger partial charge is 2.00 e. The molecule has 0 saturated carbocycles. The molecule has 0 saturated heterocycles. The summed E-state index contributed by atoms with van der Waals surface area (Å²) in [7, 11) is 1.33. The van der Waals surface area contributed by atoms with Gasteiger partial charge in [0.1, 0.15) is 0 Å². The van der Waals surface area contributed by atoms with Crippen molar-refractivity contribution in [2.75, 3.05) is 59.5 Å². The number of nitrogens with zero attached hydrogens (tertiary/aromatic N) is 4. The Balaban J connectivity index is 0.00000871. The summed E-state index contributed by atoms with van der Waals surface area (Å²) in [6.45, 7) is 16.9. The molecule has 0 unspecified atom stereocenters. The number of esters is 1. The molecule has 0 radical (unpaired) electrons. The van der Waals surface area contributed by atoms with Crippen molar-refractivity contribution in [1.82, 2.24) is 41.2 Å².